The van der Waals surface area contributed by atoms with Gasteiger partial charge in [0.25, 0.3) is 0 Å². The molecule has 0 aromatic carbocycles. The molecule has 1 aromatic heterocycles. The van der Waals surface area contributed by atoms with Crippen molar-refractivity contribution in [1.29, 1.82) is 0 Å². The Morgan fingerprint density at radius 1 is 1.14 bits per heavy atom. The molecule has 1 aromatic rings. The zero-order valence-electron chi connectivity index (χ0n) is 11.9. The van der Waals surface area contributed by atoms with E-state index < -0.39 is 5.97 Å². The molecule has 0 unspecified atom stereocenters. The minimum Gasteiger partial charge on any atom is -0.480 e. The van der Waals surface area contributed by atoms with Gasteiger partial charge in [0.15, 0.2) is 0 Å². The number of ether oxygens (including phenoxy) is 1. The maximum Gasteiger partial charge on any atom is 0.329 e. The third-order valence-electron chi connectivity index (χ3n) is 5.45. The Labute approximate surface area is 122 Å². The zero-order valence-corrected chi connectivity index (χ0v) is 11.9. The average molecular weight is 292 g/mol. The quantitative estimate of drug-likeness (QED) is 0.895. The Hall–Kier alpha value is -1.43. The number of aromatic nitrogens is 2. The summed E-state index contributed by atoms with van der Waals surface area (Å²) in [4.78, 5) is 10.4. The van der Waals surface area contributed by atoms with E-state index in [1.54, 1.807) is 0 Å². The number of hydrogen-bond acceptors (Lipinski definition) is 5. The molecule has 1 heterocycles. The maximum atomic E-state index is 10.4. The van der Waals surface area contributed by atoms with Crippen molar-refractivity contribution in [2.24, 2.45) is 23.7 Å². The first-order chi connectivity index (χ1) is 10.2. The maximum absolute atomic E-state index is 10.4. The topological polar surface area (TPSA) is 85.5 Å². The Balaban J connectivity index is 1.44. The van der Waals surface area contributed by atoms with Crippen LogP contribution in [-0.2, 0) is 16.1 Å². The molecule has 21 heavy (non-hydrogen) atoms. The van der Waals surface area contributed by atoms with Crippen molar-refractivity contribution in [2.75, 3.05) is 6.61 Å². The zero-order chi connectivity index (χ0) is 14.4. The number of carboxylic acids is 1. The molecule has 5 rings (SSSR count). The SMILES string of the molecule is O=C(O)COCc1nnc(C2C3CC4CC(C3)CC2C4)o1. The highest BCUT2D eigenvalue weighted by atomic mass is 16.5. The normalized spacial score (nSPS) is 37.0. The molecule has 6 heteroatoms. The molecule has 4 aliphatic rings. The lowest BCUT2D eigenvalue weighted by atomic mass is 9.52. The minimum absolute atomic E-state index is 0.0760. The van der Waals surface area contributed by atoms with Crippen LogP contribution in [0.5, 0.6) is 0 Å². The molecule has 114 valence electrons. The van der Waals surface area contributed by atoms with Crippen LogP contribution in [-0.4, -0.2) is 27.9 Å². The van der Waals surface area contributed by atoms with Crippen molar-refractivity contribution in [1.82, 2.24) is 10.2 Å². The number of carboxylic acid groups (broad SMARTS) is 1. The van der Waals surface area contributed by atoms with Gasteiger partial charge in [-0.1, -0.05) is 0 Å². The fraction of sp³-hybridized carbons (Fsp3) is 0.800. The summed E-state index contributed by atoms with van der Waals surface area (Å²) in [6, 6.07) is 0. The Bertz CT molecular complexity index is 514. The van der Waals surface area contributed by atoms with E-state index in [-0.39, 0.29) is 13.2 Å². The van der Waals surface area contributed by atoms with Gasteiger partial charge in [-0.05, 0) is 55.8 Å². The molecule has 6 nitrogen and oxygen atoms in total. The van der Waals surface area contributed by atoms with E-state index in [0.29, 0.717) is 23.6 Å². The van der Waals surface area contributed by atoms with Gasteiger partial charge in [0, 0.05) is 5.92 Å². The Morgan fingerprint density at radius 2 is 1.81 bits per heavy atom. The largest absolute Gasteiger partial charge is 0.480 e. The molecule has 0 spiro atoms. The molecule has 0 atom stereocenters. The van der Waals surface area contributed by atoms with Gasteiger partial charge in [-0.2, -0.15) is 0 Å². The fourth-order valence-corrected chi connectivity index (χ4v) is 5.01. The highest BCUT2D eigenvalue weighted by Crippen LogP contribution is 2.59. The second kappa shape index (κ2) is 5.09. The summed E-state index contributed by atoms with van der Waals surface area (Å²) in [5, 5.41) is 16.8. The van der Waals surface area contributed by atoms with Crippen LogP contribution in [0.2, 0.25) is 0 Å². The number of rotatable bonds is 5. The van der Waals surface area contributed by atoms with E-state index in [1.165, 1.54) is 32.1 Å². The van der Waals surface area contributed by atoms with Crippen LogP contribution < -0.4 is 0 Å². The van der Waals surface area contributed by atoms with Crippen LogP contribution in [0.25, 0.3) is 0 Å². The second-order valence-electron chi connectivity index (χ2n) is 6.88. The predicted octanol–water partition coefficient (Wildman–Crippen LogP) is 2.21. The molecule has 4 aliphatic carbocycles. The standard InChI is InChI=1S/C15H20N2O4/c18-13(19)7-20-6-12-16-17-15(21-12)14-10-2-8-1-9(4-10)5-11(14)3-8/h8-11,14H,1-7H2,(H,18,19). The van der Waals surface area contributed by atoms with Crippen LogP contribution in [0.3, 0.4) is 0 Å². The number of nitrogens with zero attached hydrogens (tertiary/aromatic N) is 2. The van der Waals surface area contributed by atoms with Crippen molar-refractivity contribution in [3.05, 3.63) is 11.8 Å². The average Bonchev–Trinajstić information content (AvgIpc) is 2.85. The lowest BCUT2D eigenvalue weighted by Gasteiger charge is -2.53. The molecule has 0 amide bonds. The third-order valence-corrected chi connectivity index (χ3v) is 5.45. The Kier molecular flexibility index (Phi) is 3.21. The summed E-state index contributed by atoms with van der Waals surface area (Å²) in [5.41, 5.74) is 0. The molecule has 4 bridgehead atoms. The fourth-order valence-electron chi connectivity index (χ4n) is 5.01. The van der Waals surface area contributed by atoms with Gasteiger partial charge in [-0.3, -0.25) is 0 Å². The van der Waals surface area contributed by atoms with E-state index >= 15 is 0 Å². The van der Waals surface area contributed by atoms with E-state index in [9.17, 15) is 4.79 Å². The van der Waals surface area contributed by atoms with Crippen molar-refractivity contribution in [2.45, 2.75) is 44.6 Å². The smallest absolute Gasteiger partial charge is 0.329 e. The molecular weight excluding hydrogens is 272 g/mol. The summed E-state index contributed by atoms with van der Waals surface area (Å²) in [6.07, 6.45) is 6.67. The van der Waals surface area contributed by atoms with Crippen molar-refractivity contribution in [3.8, 4) is 0 Å². The number of hydrogen-bond donors (Lipinski definition) is 1. The molecular formula is C15H20N2O4. The molecule has 4 saturated carbocycles. The van der Waals surface area contributed by atoms with Crippen molar-refractivity contribution < 1.29 is 19.1 Å². The highest BCUT2D eigenvalue weighted by molar-refractivity contribution is 5.67. The summed E-state index contributed by atoms with van der Waals surface area (Å²) >= 11 is 0. The van der Waals surface area contributed by atoms with Crippen molar-refractivity contribution in [3.63, 3.8) is 0 Å². The van der Waals surface area contributed by atoms with Crippen LogP contribution in [0.4, 0.5) is 0 Å². The summed E-state index contributed by atoms with van der Waals surface area (Å²) in [7, 11) is 0. The monoisotopic (exact) mass is 292 g/mol. The third kappa shape index (κ3) is 2.46. The van der Waals surface area contributed by atoms with Crippen LogP contribution in [0.1, 0.15) is 49.8 Å². The lowest BCUT2D eigenvalue weighted by molar-refractivity contribution is -0.142. The summed E-state index contributed by atoms with van der Waals surface area (Å²) < 4.78 is 10.8. The summed E-state index contributed by atoms with van der Waals surface area (Å²) in [5.74, 6) is 3.81. The molecule has 1 N–H and O–H groups in total. The second-order valence-corrected chi connectivity index (χ2v) is 6.88. The van der Waals surface area contributed by atoms with E-state index in [2.05, 4.69) is 10.2 Å². The predicted molar refractivity (Wildman–Crippen MR) is 71.4 cm³/mol. The van der Waals surface area contributed by atoms with Gasteiger partial charge < -0.3 is 14.3 Å². The Morgan fingerprint density at radius 3 is 2.43 bits per heavy atom. The number of carbonyl (C=O) groups is 1. The first kappa shape index (κ1) is 13.2. The minimum atomic E-state index is -0.990. The van der Waals surface area contributed by atoms with Gasteiger partial charge in [0.1, 0.15) is 13.2 Å². The molecule has 0 radical (unpaired) electrons. The van der Waals surface area contributed by atoms with Crippen LogP contribution in [0, 0.1) is 23.7 Å². The van der Waals surface area contributed by atoms with E-state index in [0.717, 1.165) is 17.7 Å². The van der Waals surface area contributed by atoms with Gasteiger partial charge in [-0.15, -0.1) is 10.2 Å². The van der Waals surface area contributed by atoms with Gasteiger partial charge in [0.2, 0.25) is 11.8 Å². The van der Waals surface area contributed by atoms with E-state index in [4.69, 9.17) is 14.3 Å². The number of aliphatic carboxylic acids is 1. The van der Waals surface area contributed by atoms with E-state index in [1.807, 2.05) is 0 Å². The van der Waals surface area contributed by atoms with Crippen molar-refractivity contribution >= 4 is 5.97 Å². The first-order valence-corrected chi connectivity index (χ1v) is 7.81. The lowest BCUT2D eigenvalue weighted by Crippen LogP contribution is -2.43. The van der Waals surface area contributed by atoms with Gasteiger partial charge >= 0.3 is 5.97 Å². The first-order valence-electron chi connectivity index (χ1n) is 7.81. The molecule has 0 saturated heterocycles. The summed E-state index contributed by atoms with van der Waals surface area (Å²) in [6.45, 7) is -0.262. The van der Waals surface area contributed by atoms with Gasteiger partial charge in [0.05, 0.1) is 0 Å². The highest BCUT2D eigenvalue weighted by Gasteiger charge is 2.50. The van der Waals surface area contributed by atoms with Crippen LogP contribution in [0.15, 0.2) is 4.42 Å². The van der Waals surface area contributed by atoms with Crippen LogP contribution >= 0.6 is 0 Å². The molecule has 4 fully saturated rings. The van der Waals surface area contributed by atoms with Gasteiger partial charge in [-0.25, -0.2) is 4.79 Å². The molecule has 0 aliphatic heterocycles.